The van der Waals surface area contributed by atoms with Crippen LogP contribution in [0.4, 0.5) is 11.6 Å². The zero-order valence-electron chi connectivity index (χ0n) is 17.6. The monoisotopic (exact) mass is 496 g/mol. The van der Waals surface area contributed by atoms with Crippen molar-refractivity contribution in [2.75, 3.05) is 10.0 Å². The van der Waals surface area contributed by atoms with E-state index in [0.29, 0.717) is 16.4 Å². The molecule has 2 aromatic carbocycles. The van der Waals surface area contributed by atoms with Gasteiger partial charge in [0.1, 0.15) is 0 Å². The topological polar surface area (TPSA) is 136 Å². The smallest absolute Gasteiger partial charge is 0.280 e. The molecule has 0 spiro atoms. The van der Waals surface area contributed by atoms with Crippen LogP contribution in [0.5, 0.6) is 0 Å². The first-order valence-corrected chi connectivity index (χ1v) is 11.7. The van der Waals surface area contributed by atoms with Crippen LogP contribution < -0.4 is 15.5 Å². The van der Waals surface area contributed by atoms with Gasteiger partial charge < -0.3 is 5.32 Å². The maximum absolute atomic E-state index is 12.7. The van der Waals surface area contributed by atoms with Crippen LogP contribution in [0, 0.1) is 6.92 Å². The number of amides is 1. The third-order valence-electron chi connectivity index (χ3n) is 4.54. The van der Waals surface area contributed by atoms with E-state index < -0.39 is 21.4 Å². The fourth-order valence-electron chi connectivity index (χ4n) is 2.91. The first kappa shape index (κ1) is 23.1. The van der Waals surface area contributed by atoms with Gasteiger partial charge in [-0.1, -0.05) is 17.7 Å². The summed E-state index contributed by atoms with van der Waals surface area (Å²) >= 11 is 6.00. The summed E-state index contributed by atoms with van der Waals surface area (Å²) < 4.78 is 28.8. The summed E-state index contributed by atoms with van der Waals surface area (Å²) in [6, 6.07) is 15.0. The van der Waals surface area contributed by atoms with Crippen molar-refractivity contribution in [2.24, 2.45) is 0 Å². The Labute approximate surface area is 199 Å². The number of aryl methyl sites for hydroxylation is 1. The largest absolute Gasteiger partial charge is 0.320 e. The van der Waals surface area contributed by atoms with Gasteiger partial charge in [-0.15, -0.1) is 0 Å². The van der Waals surface area contributed by atoms with Crippen molar-refractivity contribution in [1.82, 2.24) is 19.7 Å². The van der Waals surface area contributed by atoms with Crippen LogP contribution in [0.25, 0.3) is 5.69 Å². The standard InChI is InChI=1S/C22H17ClN6O4S/c1-14-9-11-24-22(25-14)28-34(32,33)18-7-5-16(6-8-18)26-21(31)20-19(30)10-12-29(27-20)17-4-2-3-15(23)13-17/h2-13H,1H3,(H,26,31)(H,24,25,28). The lowest BCUT2D eigenvalue weighted by molar-refractivity contribution is 0.101. The average molecular weight is 497 g/mol. The van der Waals surface area contributed by atoms with Crippen LogP contribution in [-0.4, -0.2) is 34.1 Å². The Balaban J connectivity index is 1.52. The maximum atomic E-state index is 12.7. The van der Waals surface area contributed by atoms with Gasteiger partial charge in [-0.3, -0.25) is 9.59 Å². The highest BCUT2D eigenvalue weighted by atomic mass is 35.5. The molecule has 0 aliphatic carbocycles. The van der Waals surface area contributed by atoms with E-state index in [9.17, 15) is 18.0 Å². The van der Waals surface area contributed by atoms with E-state index in [0.717, 1.165) is 0 Å². The molecule has 4 aromatic rings. The molecular weight excluding hydrogens is 480 g/mol. The van der Waals surface area contributed by atoms with Gasteiger partial charge in [0.25, 0.3) is 15.9 Å². The van der Waals surface area contributed by atoms with Gasteiger partial charge in [0.2, 0.25) is 11.4 Å². The van der Waals surface area contributed by atoms with Gasteiger partial charge in [-0.25, -0.2) is 27.8 Å². The lowest BCUT2D eigenvalue weighted by Crippen LogP contribution is -2.25. The number of rotatable bonds is 6. The minimum Gasteiger partial charge on any atom is -0.320 e. The molecule has 172 valence electrons. The Morgan fingerprint density at radius 3 is 2.53 bits per heavy atom. The molecule has 0 radical (unpaired) electrons. The number of aromatic nitrogens is 4. The fraction of sp³-hybridized carbons (Fsp3) is 0.0455. The van der Waals surface area contributed by atoms with Crippen molar-refractivity contribution in [3.05, 3.63) is 99.7 Å². The predicted octanol–water partition coefficient (Wildman–Crippen LogP) is 3.04. The number of hydrogen-bond donors (Lipinski definition) is 2. The van der Waals surface area contributed by atoms with E-state index in [1.165, 1.54) is 47.4 Å². The van der Waals surface area contributed by atoms with Crippen LogP contribution in [-0.2, 0) is 10.0 Å². The van der Waals surface area contributed by atoms with E-state index in [1.807, 2.05) is 0 Å². The third kappa shape index (κ3) is 5.27. The second-order valence-electron chi connectivity index (χ2n) is 7.06. The lowest BCUT2D eigenvalue weighted by atomic mass is 10.3. The number of nitrogens with zero attached hydrogens (tertiary/aromatic N) is 4. The fourth-order valence-corrected chi connectivity index (χ4v) is 4.05. The molecule has 0 aliphatic heterocycles. The highest BCUT2D eigenvalue weighted by Crippen LogP contribution is 2.17. The summed E-state index contributed by atoms with van der Waals surface area (Å²) in [4.78, 5) is 32.7. The molecule has 0 saturated heterocycles. The van der Waals surface area contributed by atoms with Gasteiger partial charge in [0.05, 0.1) is 10.6 Å². The van der Waals surface area contributed by atoms with Crippen molar-refractivity contribution in [2.45, 2.75) is 11.8 Å². The molecule has 12 heteroatoms. The number of nitrogens with one attached hydrogen (secondary N) is 2. The van der Waals surface area contributed by atoms with Crippen LogP contribution in [0.2, 0.25) is 5.02 Å². The molecule has 0 bridgehead atoms. The molecule has 34 heavy (non-hydrogen) atoms. The first-order chi connectivity index (χ1) is 16.2. The van der Waals surface area contributed by atoms with E-state index in [1.54, 1.807) is 37.3 Å². The Kier molecular flexibility index (Phi) is 6.39. The van der Waals surface area contributed by atoms with Crippen molar-refractivity contribution in [1.29, 1.82) is 0 Å². The van der Waals surface area contributed by atoms with Crippen LogP contribution in [0.1, 0.15) is 16.2 Å². The average Bonchev–Trinajstić information content (AvgIpc) is 2.79. The minimum atomic E-state index is -3.94. The lowest BCUT2D eigenvalue weighted by Gasteiger charge is -2.10. The zero-order valence-corrected chi connectivity index (χ0v) is 19.2. The summed E-state index contributed by atoms with van der Waals surface area (Å²) in [5.41, 5.74) is 0.542. The van der Waals surface area contributed by atoms with Crippen molar-refractivity contribution >= 4 is 39.2 Å². The van der Waals surface area contributed by atoms with Crippen molar-refractivity contribution in [3.8, 4) is 5.69 Å². The van der Waals surface area contributed by atoms with Gasteiger partial charge in [-0.2, -0.15) is 5.10 Å². The number of sulfonamides is 1. The molecule has 4 rings (SSSR count). The summed E-state index contributed by atoms with van der Waals surface area (Å²) in [5.74, 6) is -0.799. The zero-order chi connectivity index (χ0) is 24.3. The molecule has 1 amide bonds. The molecule has 0 aliphatic rings. The van der Waals surface area contributed by atoms with Gasteiger partial charge in [0, 0.05) is 34.9 Å². The molecule has 0 unspecified atom stereocenters. The molecule has 0 fully saturated rings. The van der Waals surface area contributed by atoms with Gasteiger partial charge in [0.15, 0.2) is 5.69 Å². The number of hydrogen-bond acceptors (Lipinski definition) is 7. The van der Waals surface area contributed by atoms with E-state index in [2.05, 4.69) is 25.1 Å². The number of carbonyl (C=O) groups is 1. The molecule has 2 N–H and O–H groups in total. The molecule has 0 saturated carbocycles. The number of carbonyl (C=O) groups excluding carboxylic acids is 1. The number of benzene rings is 2. The molecule has 10 nitrogen and oxygen atoms in total. The molecule has 0 atom stereocenters. The van der Waals surface area contributed by atoms with Crippen molar-refractivity contribution < 1.29 is 13.2 Å². The highest BCUT2D eigenvalue weighted by Gasteiger charge is 2.17. The Bertz CT molecular complexity index is 1540. The van der Waals surface area contributed by atoms with Crippen LogP contribution in [0.15, 0.2) is 82.7 Å². The normalized spacial score (nSPS) is 11.1. The van der Waals surface area contributed by atoms with Crippen molar-refractivity contribution in [3.63, 3.8) is 0 Å². The molecule has 2 heterocycles. The summed E-state index contributed by atoms with van der Waals surface area (Å²) in [7, 11) is -3.94. The number of halogens is 1. The third-order valence-corrected chi connectivity index (χ3v) is 6.12. The maximum Gasteiger partial charge on any atom is 0.280 e. The second-order valence-corrected chi connectivity index (χ2v) is 9.18. The second kappa shape index (κ2) is 9.41. The van der Waals surface area contributed by atoms with E-state index >= 15 is 0 Å². The Morgan fingerprint density at radius 1 is 1.06 bits per heavy atom. The molecule has 2 aromatic heterocycles. The predicted molar refractivity (Wildman–Crippen MR) is 127 cm³/mol. The first-order valence-electron chi connectivity index (χ1n) is 9.81. The van der Waals surface area contributed by atoms with Gasteiger partial charge >= 0.3 is 0 Å². The Hall–Kier alpha value is -4.09. The number of anilines is 2. The summed E-state index contributed by atoms with van der Waals surface area (Å²) in [5, 5.41) is 7.12. The summed E-state index contributed by atoms with van der Waals surface area (Å²) in [6.07, 6.45) is 2.87. The van der Waals surface area contributed by atoms with E-state index in [4.69, 9.17) is 11.6 Å². The minimum absolute atomic E-state index is 0.0523. The quantitative estimate of drug-likeness (QED) is 0.418. The van der Waals surface area contributed by atoms with E-state index in [-0.39, 0.29) is 22.2 Å². The van der Waals surface area contributed by atoms with Crippen LogP contribution >= 0.6 is 11.6 Å². The van der Waals surface area contributed by atoms with Gasteiger partial charge in [-0.05, 0) is 55.5 Å². The Morgan fingerprint density at radius 2 is 1.82 bits per heavy atom. The molecular formula is C22H17ClN6O4S. The van der Waals surface area contributed by atoms with Crippen LogP contribution in [0.3, 0.4) is 0 Å². The summed E-state index contributed by atoms with van der Waals surface area (Å²) in [6.45, 7) is 1.71. The highest BCUT2D eigenvalue weighted by molar-refractivity contribution is 7.92. The SMILES string of the molecule is Cc1ccnc(NS(=O)(=O)c2ccc(NC(=O)c3nn(-c4cccc(Cl)c4)ccc3=O)cc2)n1.